The third kappa shape index (κ3) is 8.08. The maximum absolute atomic E-state index is 4.62. The quantitative estimate of drug-likeness (QED) is 0.0908. The predicted octanol–water partition coefficient (Wildman–Crippen LogP) is 12.0. The van der Waals surface area contributed by atoms with E-state index in [-0.39, 0.29) is 19.5 Å². The van der Waals surface area contributed by atoms with Crippen LogP contribution < -0.4 is 10.6 Å². The molecule has 250 valence electrons. The van der Waals surface area contributed by atoms with Crippen LogP contribution in [0.4, 0.5) is 22.7 Å². The Morgan fingerprint density at radius 2 is 0.811 bits per heavy atom. The van der Waals surface area contributed by atoms with Gasteiger partial charge in [0.05, 0.1) is 22.8 Å². The van der Waals surface area contributed by atoms with Crippen LogP contribution >= 0.6 is 23.5 Å². The molecule has 53 heavy (non-hydrogen) atoms. The molecule has 4 aliphatic heterocycles. The minimum atomic E-state index is 0. The topological polar surface area (TPSA) is 81.4 Å². The molecule has 11 rings (SSSR count). The van der Waals surface area contributed by atoms with Crippen LogP contribution in [0.1, 0.15) is 22.8 Å². The Balaban J connectivity index is 0.000000119. The molecule has 4 aromatic carbocycles. The number of benzene rings is 4. The molecule has 0 amide bonds. The number of para-hydroxylation sites is 4. The predicted molar refractivity (Wildman–Crippen MR) is 217 cm³/mol. The van der Waals surface area contributed by atoms with E-state index in [1.54, 1.807) is 23.5 Å². The van der Waals surface area contributed by atoms with Gasteiger partial charge in [0.15, 0.2) is 0 Å². The summed E-state index contributed by atoms with van der Waals surface area (Å²) < 4.78 is 0. The fourth-order valence-electron chi connectivity index (χ4n) is 5.98. The average Bonchev–Trinajstić information content (AvgIpc) is 4.01. The van der Waals surface area contributed by atoms with Crippen molar-refractivity contribution in [3.8, 4) is 0 Å². The van der Waals surface area contributed by atoms with Crippen LogP contribution in [-0.4, -0.2) is 19.9 Å². The fraction of sp³-hybridized carbons (Fsp3) is 0. The van der Waals surface area contributed by atoms with Gasteiger partial charge in [-0.1, -0.05) is 45.4 Å². The Kier molecular flexibility index (Phi) is 10.1. The molecule has 9 heteroatoms. The van der Waals surface area contributed by atoms with Crippen molar-refractivity contribution in [1.29, 1.82) is 0 Å². The zero-order valence-electron chi connectivity index (χ0n) is 28.4. The van der Waals surface area contributed by atoms with Crippen LogP contribution in [0.5, 0.6) is 0 Å². The maximum Gasteiger partial charge on any atom is 2.00 e. The minimum Gasteiger partial charge on any atom is -0.377 e. The van der Waals surface area contributed by atoms with Crippen LogP contribution in [-0.2, 0) is 19.5 Å². The van der Waals surface area contributed by atoms with Crippen molar-refractivity contribution in [2.45, 2.75) is 19.6 Å². The average molecular weight is 772 g/mol. The molecule has 0 atom stereocenters. The van der Waals surface area contributed by atoms with Gasteiger partial charge in [0.25, 0.3) is 0 Å². The molecule has 0 unspecified atom stereocenters. The second-order valence-electron chi connectivity index (χ2n) is 12.2. The third-order valence-electron chi connectivity index (χ3n) is 8.41. The number of H-pyrrole nitrogens is 2. The molecule has 8 bridgehead atoms. The van der Waals surface area contributed by atoms with E-state index in [1.165, 1.54) is 31.0 Å². The summed E-state index contributed by atoms with van der Waals surface area (Å²) in [4.78, 5) is 21.1. The van der Waals surface area contributed by atoms with Crippen LogP contribution in [0, 0.1) is 12.1 Å². The van der Waals surface area contributed by atoms with Gasteiger partial charge in [-0.3, -0.25) is 0 Å². The first-order valence-corrected chi connectivity index (χ1v) is 18.4. The second-order valence-corrected chi connectivity index (χ2v) is 14.3. The third-order valence-corrected chi connectivity index (χ3v) is 10.7. The number of aromatic nitrogens is 4. The summed E-state index contributed by atoms with van der Waals surface area (Å²) in [5.41, 5.74) is 12.4. The summed E-state index contributed by atoms with van der Waals surface area (Å²) in [7, 11) is 0. The van der Waals surface area contributed by atoms with E-state index < -0.39 is 0 Å². The molecular formula is C44H30N6S2Zn. The Morgan fingerprint density at radius 1 is 0.415 bits per heavy atom. The number of anilines is 4. The van der Waals surface area contributed by atoms with Crippen molar-refractivity contribution in [1.82, 2.24) is 19.9 Å². The normalized spacial score (nSPS) is 12.4. The van der Waals surface area contributed by atoms with Gasteiger partial charge in [-0.2, -0.15) is 72.1 Å². The standard InChI is InChI=1S/C20H14N4.2C12H8NS.Zn/c1-2-14-10-16-5-6-18(23-16)12-20-8-7-19(24-20)11-17-4-3-15(22-17)9-13(1)21-14;2*1-3-7-11-9(5-1)13-10-6-2-4-8-12(10)14-11;/h1-12,21-22H;2*1-5,7-8,13H;/q;2*-1;+2. The molecule has 0 spiro atoms. The summed E-state index contributed by atoms with van der Waals surface area (Å²) >= 11 is 3.58. The van der Waals surface area contributed by atoms with Crippen molar-refractivity contribution in [3.05, 3.63) is 168 Å². The van der Waals surface area contributed by atoms with Gasteiger partial charge in [0.1, 0.15) is 0 Å². The van der Waals surface area contributed by atoms with Gasteiger partial charge in [-0.05, 0) is 97.1 Å². The summed E-state index contributed by atoms with van der Waals surface area (Å²) in [6.45, 7) is 0. The summed E-state index contributed by atoms with van der Waals surface area (Å²) in [6.07, 6.45) is 8.05. The zero-order valence-corrected chi connectivity index (χ0v) is 33.0. The molecule has 0 saturated carbocycles. The number of hydrogen-bond donors (Lipinski definition) is 4. The minimum absolute atomic E-state index is 0. The molecular weight excluding hydrogens is 742 g/mol. The van der Waals surface area contributed by atoms with E-state index in [2.05, 4.69) is 122 Å². The van der Waals surface area contributed by atoms with Gasteiger partial charge in [0, 0.05) is 43.2 Å². The number of fused-ring (bicyclic) bond motifs is 12. The van der Waals surface area contributed by atoms with E-state index in [0.29, 0.717) is 0 Å². The molecule has 3 aromatic heterocycles. The molecule has 4 N–H and O–H groups in total. The number of nitrogens with zero attached hydrogens (tertiary/aromatic N) is 2. The van der Waals surface area contributed by atoms with E-state index in [0.717, 1.165) is 56.2 Å². The largest absolute Gasteiger partial charge is 2.00 e. The van der Waals surface area contributed by atoms with Crippen LogP contribution in [0.15, 0.2) is 153 Å². The SMILES string of the molecule is C1=Cc2cc3ccc(cc4ccc(cc5nc(cc1n2)C=C5)[nH]4)[nH]3.[Zn+2].[c-]1cccc2c1Nc1ccccc1S2.[c-]1cccc2c1Nc1ccccc1S2. The smallest absolute Gasteiger partial charge is 0.377 e. The summed E-state index contributed by atoms with van der Waals surface area (Å²) in [5, 5.41) is 6.73. The second kappa shape index (κ2) is 15.6. The first-order valence-electron chi connectivity index (χ1n) is 16.8. The van der Waals surface area contributed by atoms with Crippen LogP contribution in [0.3, 0.4) is 0 Å². The number of nitrogens with one attached hydrogen (secondary N) is 4. The van der Waals surface area contributed by atoms with Crippen molar-refractivity contribution in [2.24, 2.45) is 0 Å². The molecule has 7 aromatic rings. The number of aromatic amines is 2. The molecule has 0 fully saturated rings. The van der Waals surface area contributed by atoms with E-state index >= 15 is 0 Å². The van der Waals surface area contributed by atoms with Gasteiger partial charge in [-0.15, -0.1) is 0 Å². The van der Waals surface area contributed by atoms with E-state index in [1.807, 2.05) is 78.9 Å². The fourth-order valence-corrected chi connectivity index (χ4v) is 7.92. The Labute approximate surface area is 328 Å². The van der Waals surface area contributed by atoms with Gasteiger partial charge in [-0.25, -0.2) is 9.97 Å². The molecule has 0 saturated heterocycles. The van der Waals surface area contributed by atoms with Crippen LogP contribution in [0.25, 0.3) is 46.4 Å². The van der Waals surface area contributed by atoms with Gasteiger partial charge >= 0.3 is 19.5 Å². The van der Waals surface area contributed by atoms with Gasteiger partial charge < -0.3 is 20.6 Å². The van der Waals surface area contributed by atoms with E-state index in [9.17, 15) is 0 Å². The maximum atomic E-state index is 4.62. The summed E-state index contributed by atoms with van der Waals surface area (Å²) in [6, 6.07) is 51.6. The first-order chi connectivity index (χ1) is 25.7. The Hall–Kier alpha value is -5.60. The summed E-state index contributed by atoms with van der Waals surface area (Å²) in [5.74, 6) is 0. The molecule has 7 heterocycles. The van der Waals surface area contributed by atoms with Crippen molar-refractivity contribution in [2.75, 3.05) is 10.6 Å². The first kappa shape index (κ1) is 34.5. The van der Waals surface area contributed by atoms with Crippen molar-refractivity contribution < 1.29 is 19.5 Å². The van der Waals surface area contributed by atoms with Crippen molar-refractivity contribution >= 4 is 92.6 Å². The molecule has 0 aliphatic carbocycles. The van der Waals surface area contributed by atoms with Crippen molar-refractivity contribution in [3.63, 3.8) is 0 Å². The van der Waals surface area contributed by atoms with E-state index in [4.69, 9.17) is 0 Å². The Bertz CT molecular complexity index is 2320. The monoisotopic (exact) mass is 770 g/mol. The van der Waals surface area contributed by atoms with Crippen LogP contribution in [0.2, 0.25) is 0 Å². The Morgan fingerprint density at radius 3 is 1.28 bits per heavy atom. The number of rotatable bonds is 0. The molecule has 4 aliphatic rings. The van der Waals surface area contributed by atoms with Gasteiger partial charge in [0.2, 0.25) is 0 Å². The number of hydrogen-bond acceptors (Lipinski definition) is 6. The zero-order chi connectivity index (χ0) is 34.7. The molecule has 6 nitrogen and oxygen atoms in total. The molecule has 0 radical (unpaired) electrons.